The molecular weight excluding hydrogens is 304 g/mol. The Morgan fingerprint density at radius 3 is 2.67 bits per heavy atom. The van der Waals surface area contributed by atoms with Gasteiger partial charge in [-0.1, -0.05) is 36.4 Å². The van der Waals surface area contributed by atoms with Crippen molar-refractivity contribution in [1.82, 2.24) is 15.5 Å². The number of hydrogen-bond donors (Lipinski definition) is 2. The fraction of sp³-hybridized carbons (Fsp3) is 0.444. The summed E-state index contributed by atoms with van der Waals surface area (Å²) >= 11 is 0. The quantitative estimate of drug-likeness (QED) is 0.464. The molecule has 2 rings (SSSR count). The summed E-state index contributed by atoms with van der Waals surface area (Å²) in [6, 6.07) is 9.85. The van der Waals surface area contributed by atoms with Crippen LogP contribution in [0, 0.1) is 0 Å². The van der Waals surface area contributed by atoms with Gasteiger partial charge in [0.05, 0.1) is 19.1 Å². The van der Waals surface area contributed by atoms with Gasteiger partial charge in [0.2, 0.25) is 5.91 Å². The van der Waals surface area contributed by atoms with E-state index >= 15 is 0 Å². The number of guanidine groups is 1. The van der Waals surface area contributed by atoms with Crippen LogP contribution in [0.1, 0.15) is 11.5 Å². The van der Waals surface area contributed by atoms with Crippen LogP contribution in [-0.2, 0) is 9.53 Å². The molecule has 0 aliphatic carbocycles. The number of carbonyl (C=O) groups excluding carboxylic acids is 1. The largest absolute Gasteiger partial charge is 0.378 e. The van der Waals surface area contributed by atoms with Crippen LogP contribution in [0.15, 0.2) is 48.0 Å². The second-order valence-electron chi connectivity index (χ2n) is 5.52. The zero-order valence-corrected chi connectivity index (χ0v) is 14.2. The van der Waals surface area contributed by atoms with E-state index in [-0.39, 0.29) is 11.8 Å². The summed E-state index contributed by atoms with van der Waals surface area (Å²) in [5, 5.41) is 6.36. The molecule has 2 N–H and O–H groups in total. The van der Waals surface area contributed by atoms with Crippen LogP contribution in [0.4, 0.5) is 0 Å². The van der Waals surface area contributed by atoms with E-state index in [4.69, 9.17) is 4.74 Å². The van der Waals surface area contributed by atoms with Crippen molar-refractivity contribution in [2.75, 3.05) is 46.4 Å². The molecule has 1 atom stereocenters. The van der Waals surface area contributed by atoms with Gasteiger partial charge in [0.25, 0.3) is 0 Å². The Labute approximate surface area is 143 Å². The lowest BCUT2D eigenvalue weighted by Crippen LogP contribution is -2.47. The van der Waals surface area contributed by atoms with Crippen LogP contribution >= 0.6 is 0 Å². The van der Waals surface area contributed by atoms with Gasteiger partial charge in [-0.3, -0.25) is 9.79 Å². The molecule has 24 heavy (non-hydrogen) atoms. The maximum absolute atomic E-state index is 13.0. The van der Waals surface area contributed by atoms with Gasteiger partial charge in [0.1, 0.15) is 0 Å². The SMILES string of the molecule is C=CCNC(=NC)NCC(C(=O)N1CCOCC1)c1ccccc1. The Hall–Kier alpha value is -2.34. The summed E-state index contributed by atoms with van der Waals surface area (Å²) in [5.74, 6) is 0.522. The number of rotatable bonds is 6. The Morgan fingerprint density at radius 2 is 2.04 bits per heavy atom. The first-order chi connectivity index (χ1) is 11.8. The number of aliphatic imine (C=N–C) groups is 1. The smallest absolute Gasteiger partial charge is 0.232 e. The third kappa shape index (κ3) is 5.09. The first-order valence-electron chi connectivity index (χ1n) is 8.23. The second kappa shape index (κ2) is 9.72. The van der Waals surface area contributed by atoms with Gasteiger partial charge in [-0.2, -0.15) is 0 Å². The van der Waals surface area contributed by atoms with Crippen LogP contribution in [0.2, 0.25) is 0 Å². The van der Waals surface area contributed by atoms with Gasteiger partial charge in [-0.05, 0) is 5.56 Å². The molecule has 0 spiro atoms. The van der Waals surface area contributed by atoms with E-state index in [1.807, 2.05) is 35.2 Å². The van der Waals surface area contributed by atoms with Gasteiger partial charge in [0.15, 0.2) is 5.96 Å². The topological polar surface area (TPSA) is 66.0 Å². The van der Waals surface area contributed by atoms with Crippen LogP contribution in [-0.4, -0.2) is 63.2 Å². The number of benzene rings is 1. The molecule has 1 aliphatic rings. The molecule has 1 saturated heterocycles. The number of ether oxygens (including phenoxy) is 1. The van der Waals surface area contributed by atoms with Gasteiger partial charge >= 0.3 is 0 Å². The van der Waals surface area contributed by atoms with Crippen molar-refractivity contribution in [3.8, 4) is 0 Å². The molecule has 1 amide bonds. The first kappa shape index (κ1) is 18.0. The predicted octanol–water partition coefficient (Wildman–Crippen LogP) is 0.980. The lowest BCUT2D eigenvalue weighted by Gasteiger charge is -2.31. The average Bonchev–Trinajstić information content (AvgIpc) is 2.65. The molecule has 0 aromatic heterocycles. The van der Waals surface area contributed by atoms with Crippen molar-refractivity contribution in [1.29, 1.82) is 0 Å². The molecule has 1 aliphatic heterocycles. The van der Waals surface area contributed by atoms with Crippen molar-refractivity contribution in [3.05, 3.63) is 48.6 Å². The molecule has 1 aromatic carbocycles. The van der Waals surface area contributed by atoms with Gasteiger partial charge < -0.3 is 20.3 Å². The Kier molecular flexibility index (Phi) is 7.29. The van der Waals surface area contributed by atoms with Gasteiger partial charge in [-0.25, -0.2) is 0 Å². The molecule has 0 saturated carbocycles. The Balaban J connectivity index is 2.08. The highest BCUT2D eigenvalue weighted by Gasteiger charge is 2.27. The van der Waals surface area contributed by atoms with Crippen molar-refractivity contribution in [2.45, 2.75) is 5.92 Å². The molecule has 0 bridgehead atoms. The maximum atomic E-state index is 13.0. The third-order valence-corrected chi connectivity index (χ3v) is 3.93. The number of nitrogens with zero attached hydrogens (tertiary/aromatic N) is 2. The fourth-order valence-electron chi connectivity index (χ4n) is 2.63. The minimum Gasteiger partial charge on any atom is -0.378 e. The molecule has 6 nitrogen and oxygen atoms in total. The highest BCUT2D eigenvalue weighted by Crippen LogP contribution is 2.18. The molecule has 6 heteroatoms. The first-order valence-corrected chi connectivity index (χ1v) is 8.23. The lowest BCUT2D eigenvalue weighted by molar-refractivity contribution is -0.136. The highest BCUT2D eigenvalue weighted by atomic mass is 16.5. The Morgan fingerprint density at radius 1 is 1.33 bits per heavy atom. The molecule has 1 unspecified atom stereocenters. The predicted molar refractivity (Wildman–Crippen MR) is 96.1 cm³/mol. The summed E-state index contributed by atoms with van der Waals surface area (Å²) in [4.78, 5) is 19.0. The summed E-state index contributed by atoms with van der Waals surface area (Å²) in [5.41, 5.74) is 1.00. The van der Waals surface area contributed by atoms with Gasteiger partial charge in [-0.15, -0.1) is 6.58 Å². The summed E-state index contributed by atoms with van der Waals surface area (Å²) in [7, 11) is 1.71. The zero-order chi connectivity index (χ0) is 17.2. The molecule has 130 valence electrons. The van der Waals surface area contributed by atoms with Gasteiger partial charge in [0, 0.05) is 33.2 Å². The lowest BCUT2D eigenvalue weighted by atomic mass is 9.97. The third-order valence-electron chi connectivity index (χ3n) is 3.93. The minimum atomic E-state index is -0.258. The van der Waals surface area contributed by atoms with E-state index in [0.717, 1.165) is 5.56 Å². The minimum absolute atomic E-state index is 0.121. The molecular formula is C18H26N4O2. The second-order valence-corrected chi connectivity index (χ2v) is 5.52. The van der Waals surface area contributed by atoms with E-state index < -0.39 is 0 Å². The number of nitrogens with one attached hydrogen (secondary N) is 2. The van der Waals surface area contributed by atoms with Crippen molar-refractivity contribution in [3.63, 3.8) is 0 Å². The number of morpholine rings is 1. The van der Waals surface area contributed by atoms with Crippen molar-refractivity contribution >= 4 is 11.9 Å². The van der Waals surface area contributed by atoms with Crippen LogP contribution in [0.25, 0.3) is 0 Å². The van der Waals surface area contributed by atoms with E-state index in [1.165, 1.54) is 0 Å². The molecule has 1 fully saturated rings. The fourth-order valence-corrected chi connectivity index (χ4v) is 2.63. The Bertz CT molecular complexity index is 553. The normalized spacial score (nSPS) is 16.4. The van der Waals surface area contributed by atoms with E-state index in [2.05, 4.69) is 22.2 Å². The van der Waals surface area contributed by atoms with E-state index in [1.54, 1.807) is 13.1 Å². The maximum Gasteiger partial charge on any atom is 0.232 e. The standard InChI is InChI=1S/C18H26N4O2/c1-3-9-20-18(19-2)21-14-16(15-7-5-4-6-8-15)17(23)22-10-12-24-13-11-22/h3-8,16H,1,9-14H2,2H3,(H2,19,20,21). The highest BCUT2D eigenvalue weighted by molar-refractivity contribution is 5.86. The number of hydrogen-bond acceptors (Lipinski definition) is 3. The van der Waals surface area contributed by atoms with E-state index in [0.29, 0.717) is 45.4 Å². The molecule has 1 aromatic rings. The monoisotopic (exact) mass is 330 g/mol. The van der Waals surface area contributed by atoms with Crippen LogP contribution in [0.5, 0.6) is 0 Å². The van der Waals surface area contributed by atoms with E-state index in [9.17, 15) is 4.79 Å². The number of carbonyl (C=O) groups is 1. The number of amides is 1. The zero-order valence-electron chi connectivity index (χ0n) is 14.2. The van der Waals surface area contributed by atoms with Crippen LogP contribution in [0.3, 0.4) is 0 Å². The molecule has 1 heterocycles. The van der Waals surface area contributed by atoms with Crippen molar-refractivity contribution < 1.29 is 9.53 Å². The van der Waals surface area contributed by atoms with Crippen LogP contribution < -0.4 is 10.6 Å². The molecule has 0 radical (unpaired) electrons. The summed E-state index contributed by atoms with van der Waals surface area (Å²) in [6.07, 6.45) is 1.76. The average molecular weight is 330 g/mol. The summed E-state index contributed by atoms with van der Waals surface area (Å²) in [6.45, 7) is 7.27. The summed E-state index contributed by atoms with van der Waals surface area (Å²) < 4.78 is 5.35. The van der Waals surface area contributed by atoms with Crippen molar-refractivity contribution in [2.24, 2.45) is 4.99 Å².